The Balaban J connectivity index is 3.07. The fourth-order valence-electron chi connectivity index (χ4n) is 3.95. The molecule has 1 aliphatic carbocycles. The minimum atomic E-state index is 0.231. The Hall–Kier alpha value is -0.940. The van der Waals surface area contributed by atoms with Crippen LogP contribution >= 0.6 is 0 Å². The van der Waals surface area contributed by atoms with Gasteiger partial charge in [0.2, 0.25) is 0 Å². The molecule has 0 saturated carbocycles. The molecular weight excluding hydrogens is 424 g/mol. The fraction of sp³-hybridized carbons (Fsp3) is 0.800. The van der Waals surface area contributed by atoms with E-state index in [0.29, 0.717) is 11.8 Å². The van der Waals surface area contributed by atoms with Crippen molar-refractivity contribution in [1.82, 2.24) is 0 Å². The van der Waals surface area contributed by atoms with Crippen LogP contribution in [0.5, 0.6) is 0 Å². The third-order valence-electron chi connectivity index (χ3n) is 6.02. The van der Waals surface area contributed by atoms with Gasteiger partial charge in [-0.1, -0.05) is 34.4 Å². The van der Waals surface area contributed by atoms with Crippen LogP contribution in [0.1, 0.15) is 94.9 Å². The summed E-state index contributed by atoms with van der Waals surface area (Å²) in [5, 5.41) is 0. The van der Waals surface area contributed by atoms with Crippen LogP contribution in [0.4, 0.5) is 0 Å². The zero-order valence-corrected chi connectivity index (χ0v) is 23.9. The Bertz CT molecular complexity index is 631. The zero-order chi connectivity index (χ0) is 25.7. The SMILES string of the molecule is C/C1=C(\C)C/C(CC(COC(C)C)COC(C)C)=C\C(CC(COC(C)C)COC(C)C)=C/C1. The van der Waals surface area contributed by atoms with Crippen molar-refractivity contribution in [3.8, 4) is 0 Å². The summed E-state index contributed by atoms with van der Waals surface area (Å²) < 4.78 is 24.0. The molecule has 198 valence electrons. The molecule has 0 aromatic rings. The fourth-order valence-corrected chi connectivity index (χ4v) is 3.95. The second kappa shape index (κ2) is 16.7. The third kappa shape index (κ3) is 14.5. The second-order valence-electron chi connectivity index (χ2n) is 11.2. The highest BCUT2D eigenvalue weighted by Crippen LogP contribution is 2.29. The highest BCUT2D eigenvalue weighted by atomic mass is 16.5. The van der Waals surface area contributed by atoms with Gasteiger partial charge in [0.15, 0.2) is 0 Å². The molecule has 0 unspecified atom stereocenters. The predicted octanol–water partition coefficient (Wildman–Crippen LogP) is 7.68. The van der Waals surface area contributed by atoms with E-state index in [2.05, 4.69) is 81.4 Å². The topological polar surface area (TPSA) is 36.9 Å². The van der Waals surface area contributed by atoms with Crippen molar-refractivity contribution in [1.29, 1.82) is 0 Å². The molecular formula is C30H54O4. The maximum Gasteiger partial charge on any atom is 0.0522 e. The summed E-state index contributed by atoms with van der Waals surface area (Å²) in [5.41, 5.74) is 5.84. The monoisotopic (exact) mass is 478 g/mol. The lowest BCUT2D eigenvalue weighted by atomic mass is 9.87. The van der Waals surface area contributed by atoms with Gasteiger partial charge in [0.1, 0.15) is 0 Å². The summed E-state index contributed by atoms with van der Waals surface area (Å²) >= 11 is 0. The molecule has 4 heteroatoms. The predicted molar refractivity (Wildman–Crippen MR) is 144 cm³/mol. The van der Waals surface area contributed by atoms with Gasteiger partial charge in [0.05, 0.1) is 50.8 Å². The van der Waals surface area contributed by atoms with E-state index >= 15 is 0 Å². The van der Waals surface area contributed by atoms with Gasteiger partial charge in [-0.25, -0.2) is 0 Å². The molecule has 0 spiro atoms. The Morgan fingerprint density at radius 2 is 1.03 bits per heavy atom. The van der Waals surface area contributed by atoms with Gasteiger partial charge < -0.3 is 18.9 Å². The Morgan fingerprint density at radius 3 is 1.44 bits per heavy atom. The number of ether oxygens (including phenoxy) is 4. The molecule has 0 N–H and O–H groups in total. The summed E-state index contributed by atoms with van der Waals surface area (Å²) in [6.07, 6.45) is 9.81. The summed E-state index contributed by atoms with van der Waals surface area (Å²) in [7, 11) is 0. The van der Waals surface area contributed by atoms with Crippen molar-refractivity contribution in [3.05, 3.63) is 34.4 Å². The van der Waals surface area contributed by atoms with Crippen LogP contribution in [-0.4, -0.2) is 50.8 Å². The van der Waals surface area contributed by atoms with Crippen LogP contribution in [0.25, 0.3) is 0 Å². The van der Waals surface area contributed by atoms with Crippen molar-refractivity contribution in [3.63, 3.8) is 0 Å². The molecule has 0 amide bonds. The molecule has 0 saturated heterocycles. The average Bonchev–Trinajstić information content (AvgIpc) is 2.73. The molecule has 0 bridgehead atoms. The van der Waals surface area contributed by atoms with Crippen molar-refractivity contribution >= 4 is 0 Å². The smallest absolute Gasteiger partial charge is 0.0522 e. The minimum absolute atomic E-state index is 0.231. The van der Waals surface area contributed by atoms with E-state index in [9.17, 15) is 0 Å². The van der Waals surface area contributed by atoms with E-state index < -0.39 is 0 Å². The van der Waals surface area contributed by atoms with Gasteiger partial charge in [-0.2, -0.15) is 0 Å². The molecule has 0 aliphatic heterocycles. The lowest BCUT2D eigenvalue weighted by Gasteiger charge is -2.25. The molecule has 0 aromatic carbocycles. The Morgan fingerprint density at radius 1 is 0.618 bits per heavy atom. The molecule has 0 aromatic heterocycles. The molecule has 0 radical (unpaired) electrons. The first-order valence-electron chi connectivity index (χ1n) is 13.5. The van der Waals surface area contributed by atoms with Gasteiger partial charge in [-0.05, 0) is 94.9 Å². The van der Waals surface area contributed by atoms with E-state index in [1.165, 1.54) is 22.3 Å². The van der Waals surface area contributed by atoms with Gasteiger partial charge in [0, 0.05) is 11.8 Å². The standard InChI is InChI=1S/C30H54O4/c1-21(2)31-17-29(18-32-22(3)4)15-27-12-11-25(9)26(10)13-28(14-27)16-30(19-33-23(5)6)20-34-24(7)8/h12,14,21-24,29-30H,11,13,15-20H2,1-10H3/b26-25-,27-12+,28-14+. The second-order valence-corrected chi connectivity index (χ2v) is 11.2. The lowest BCUT2D eigenvalue weighted by Crippen LogP contribution is -2.22. The van der Waals surface area contributed by atoms with Crippen LogP contribution < -0.4 is 0 Å². The van der Waals surface area contributed by atoms with Crippen LogP contribution in [0.2, 0.25) is 0 Å². The number of hydrogen-bond donors (Lipinski definition) is 0. The number of rotatable bonds is 16. The third-order valence-corrected chi connectivity index (χ3v) is 6.02. The zero-order valence-electron chi connectivity index (χ0n) is 23.9. The van der Waals surface area contributed by atoms with Crippen LogP contribution in [0.15, 0.2) is 34.4 Å². The lowest BCUT2D eigenvalue weighted by molar-refractivity contribution is -0.00329. The molecule has 1 rings (SSSR count). The van der Waals surface area contributed by atoms with Crippen LogP contribution in [-0.2, 0) is 18.9 Å². The van der Waals surface area contributed by atoms with Crippen molar-refractivity contribution in [2.75, 3.05) is 26.4 Å². The normalized spacial score (nSPS) is 20.9. The van der Waals surface area contributed by atoms with Gasteiger partial charge in [-0.15, -0.1) is 0 Å². The van der Waals surface area contributed by atoms with Gasteiger partial charge in [-0.3, -0.25) is 0 Å². The summed E-state index contributed by atoms with van der Waals surface area (Å²) in [6.45, 7) is 24.3. The maximum absolute atomic E-state index is 6.01. The largest absolute Gasteiger partial charge is 0.378 e. The average molecular weight is 479 g/mol. The van der Waals surface area contributed by atoms with Crippen molar-refractivity contribution < 1.29 is 18.9 Å². The molecule has 1 aliphatic rings. The molecule has 0 heterocycles. The first-order valence-corrected chi connectivity index (χ1v) is 13.5. The first-order chi connectivity index (χ1) is 16.0. The van der Waals surface area contributed by atoms with Gasteiger partial charge in [0.25, 0.3) is 0 Å². The van der Waals surface area contributed by atoms with E-state index in [1.54, 1.807) is 0 Å². The van der Waals surface area contributed by atoms with E-state index in [1.807, 2.05) is 0 Å². The van der Waals surface area contributed by atoms with E-state index in [0.717, 1.165) is 52.1 Å². The summed E-state index contributed by atoms with van der Waals surface area (Å²) in [4.78, 5) is 0. The minimum Gasteiger partial charge on any atom is -0.378 e. The Labute approximate surface area is 211 Å². The molecule has 4 nitrogen and oxygen atoms in total. The van der Waals surface area contributed by atoms with Gasteiger partial charge >= 0.3 is 0 Å². The van der Waals surface area contributed by atoms with Crippen LogP contribution in [0, 0.1) is 11.8 Å². The van der Waals surface area contributed by atoms with Crippen LogP contribution in [0.3, 0.4) is 0 Å². The van der Waals surface area contributed by atoms with E-state index in [4.69, 9.17) is 18.9 Å². The quantitative estimate of drug-likeness (QED) is 0.213. The molecule has 0 atom stereocenters. The molecule has 0 fully saturated rings. The van der Waals surface area contributed by atoms with Crippen molar-refractivity contribution in [2.45, 2.75) is 119 Å². The maximum atomic E-state index is 6.01. The highest BCUT2D eigenvalue weighted by molar-refractivity contribution is 5.33. The van der Waals surface area contributed by atoms with Crippen molar-refractivity contribution in [2.24, 2.45) is 11.8 Å². The number of hydrogen-bond acceptors (Lipinski definition) is 4. The first kappa shape index (κ1) is 31.1. The summed E-state index contributed by atoms with van der Waals surface area (Å²) in [5.74, 6) is 0.705. The Kier molecular flexibility index (Phi) is 15.3. The number of allylic oxidation sites excluding steroid dienone is 6. The summed E-state index contributed by atoms with van der Waals surface area (Å²) in [6, 6.07) is 0. The molecule has 34 heavy (non-hydrogen) atoms. The highest BCUT2D eigenvalue weighted by Gasteiger charge is 2.19. The van der Waals surface area contributed by atoms with E-state index in [-0.39, 0.29) is 24.4 Å².